The van der Waals surface area contributed by atoms with Crippen LogP contribution >= 0.6 is 0 Å². The molecule has 0 radical (unpaired) electrons. The molecule has 0 spiro atoms. The number of benzene rings is 2. The first-order valence-electron chi connectivity index (χ1n) is 10.8. The number of nitrogens with zero attached hydrogens (tertiary/aromatic N) is 2. The van der Waals surface area contributed by atoms with Crippen molar-refractivity contribution in [2.75, 3.05) is 6.61 Å². The minimum Gasteiger partial charge on any atom is -0.395 e. The Morgan fingerprint density at radius 1 is 1.00 bits per heavy atom. The molecule has 5 nitrogen and oxygen atoms in total. The van der Waals surface area contributed by atoms with Crippen LogP contribution in [0.5, 0.6) is 0 Å². The van der Waals surface area contributed by atoms with Crippen LogP contribution in [0.15, 0.2) is 59.5 Å². The highest BCUT2D eigenvalue weighted by Gasteiger charge is 2.55. The Kier molecular flexibility index (Phi) is 6.43. The van der Waals surface area contributed by atoms with E-state index in [1.165, 1.54) is 44.2 Å². The second-order valence-electron chi connectivity index (χ2n) is 8.22. The highest BCUT2D eigenvalue weighted by Crippen LogP contribution is 2.43. The largest absolute Gasteiger partial charge is 0.395 e. The number of aliphatic hydroxyl groups is 1. The third-order valence-corrected chi connectivity index (χ3v) is 8.24. The summed E-state index contributed by atoms with van der Waals surface area (Å²) in [4.78, 5) is 0.125. The average Bonchev–Trinajstić information content (AvgIpc) is 2.79. The first-order chi connectivity index (χ1) is 15.1. The van der Waals surface area contributed by atoms with E-state index < -0.39 is 22.1 Å². The van der Waals surface area contributed by atoms with Crippen LogP contribution < -0.4 is 0 Å². The third-order valence-electron chi connectivity index (χ3n) is 6.32. The molecule has 1 N–H and O–H groups in total. The molecule has 2 aliphatic rings. The maximum atomic E-state index is 13.1. The van der Waals surface area contributed by atoms with E-state index in [4.69, 9.17) is 0 Å². The Morgan fingerprint density at radius 2 is 1.68 bits per heavy atom. The van der Waals surface area contributed by atoms with Crippen LogP contribution in [0.4, 0.5) is 0 Å². The molecule has 1 saturated carbocycles. The predicted molar refractivity (Wildman–Crippen MR) is 118 cm³/mol. The van der Waals surface area contributed by atoms with E-state index in [9.17, 15) is 18.8 Å². The number of nitriles is 1. The number of sulfonamides is 1. The van der Waals surface area contributed by atoms with Crippen molar-refractivity contribution in [1.29, 1.82) is 5.26 Å². The van der Waals surface area contributed by atoms with Gasteiger partial charge in [0.25, 0.3) is 0 Å². The van der Waals surface area contributed by atoms with Gasteiger partial charge in [-0.15, -0.1) is 0 Å². The molecule has 0 amide bonds. The van der Waals surface area contributed by atoms with Gasteiger partial charge in [-0.2, -0.15) is 9.57 Å². The van der Waals surface area contributed by atoms with Gasteiger partial charge in [0.1, 0.15) is 6.04 Å². The number of aliphatic hydroxyl groups excluding tert-OH is 1. The lowest BCUT2D eigenvalue weighted by Crippen LogP contribution is -2.64. The summed E-state index contributed by atoms with van der Waals surface area (Å²) in [6.45, 7) is -0.349. The molecule has 6 heteroatoms. The lowest BCUT2D eigenvalue weighted by molar-refractivity contribution is 0.0557. The molecule has 160 valence electrons. The summed E-state index contributed by atoms with van der Waals surface area (Å²) >= 11 is 0. The van der Waals surface area contributed by atoms with Crippen LogP contribution in [-0.2, 0) is 10.0 Å². The van der Waals surface area contributed by atoms with Gasteiger partial charge < -0.3 is 5.11 Å². The van der Waals surface area contributed by atoms with E-state index >= 15 is 0 Å². The molecule has 2 aromatic rings. The van der Waals surface area contributed by atoms with Crippen LogP contribution in [0.1, 0.15) is 49.1 Å². The van der Waals surface area contributed by atoms with Crippen molar-refractivity contribution in [2.45, 2.75) is 55.0 Å². The van der Waals surface area contributed by atoms with Crippen molar-refractivity contribution < 1.29 is 13.5 Å². The van der Waals surface area contributed by atoms with Crippen LogP contribution in [-0.4, -0.2) is 36.5 Å². The van der Waals surface area contributed by atoms with Gasteiger partial charge in [-0.05, 0) is 42.7 Å². The highest BCUT2D eigenvalue weighted by atomic mass is 32.2. The van der Waals surface area contributed by atoms with Gasteiger partial charge in [0.05, 0.1) is 23.6 Å². The minimum absolute atomic E-state index is 0.125. The first kappa shape index (κ1) is 21.6. The Bertz CT molecular complexity index is 1110. The topological polar surface area (TPSA) is 81.4 Å². The summed E-state index contributed by atoms with van der Waals surface area (Å²) in [5, 5.41) is 19.7. The number of hydrogen-bond acceptors (Lipinski definition) is 4. The van der Waals surface area contributed by atoms with Gasteiger partial charge in [-0.1, -0.05) is 61.4 Å². The molecular weight excluding hydrogens is 408 g/mol. The zero-order chi connectivity index (χ0) is 21.8. The smallest absolute Gasteiger partial charge is 0.244 e. The predicted octanol–water partition coefficient (Wildman–Crippen LogP) is 3.66. The summed E-state index contributed by atoms with van der Waals surface area (Å²) in [7, 11) is -3.87. The summed E-state index contributed by atoms with van der Waals surface area (Å²) in [5.41, 5.74) is 1.75. The van der Waals surface area contributed by atoms with Crippen molar-refractivity contribution in [1.82, 2.24) is 4.31 Å². The van der Waals surface area contributed by atoms with E-state index in [0.29, 0.717) is 5.92 Å². The van der Waals surface area contributed by atoms with E-state index in [1.807, 2.05) is 24.3 Å². The molecule has 1 heterocycles. The molecule has 31 heavy (non-hydrogen) atoms. The fraction of sp³-hybridized carbons (Fsp3) is 0.400. The van der Waals surface area contributed by atoms with E-state index in [1.54, 1.807) is 18.2 Å². The molecule has 2 fully saturated rings. The first-order valence-corrected chi connectivity index (χ1v) is 12.2. The van der Waals surface area contributed by atoms with Crippen molar-refractivity contribution >= 4 is 10.0 Å². The Morgan fingerprint density at radius 3 is 2.29 bits per heavy atom. The number of rotatable bonds is 4. The molecule has 1 saturated heterocycles. The molecule has 0 aromatic heterocycles. The molecule has 4 rings (SSSR count). The Balaban J connectivity index is 1.54. The van der Waals surface area contributed by atoms with E-state index in [2.05, 4.69) is 17.9 Å². The third kappa shape index (κ3) is 4.25. The van der Waals surface area contributed by atoms with Gasteiger partial charge in [0.15, 0.2) is 0 Å². The van der Waals surface area contributed by atoms with E-state index in [0.717, 1.165) is 15.4 Å². The minimum atomic E-state index is -3.87. The highest BCUT2D eigenvalue weighted by molar-refractivity contribution is 7.89. The van der Waals surface area contributed by atoms with Crippen molar-refractivity contribution in [3.05, 3.63) is 65.7 Å². The zero-order valence-electron chi connectivity index (χ0n) is 17.3. The van der Waals surface area contributed by atoms with Gasteiger partial charge in [0, 0.05) is 17.4 Å². The van der Waals surface area contributed by atoms with Crippen LogP contribution in [0, 0.1) is 29.1 Å². The second kappa shape index (κ2) is 9.24. The fourth-order valence-corrected chi connectivity index (χ4v) is 6.41. The standard InChI is InChI=1S/C25H26N2O3S/c26-17-23-25(24(18-28)27(23)31(29,30)22-9-5-2-6-10-22)21-15-13-20(14-16-21)12-11-19-7-3-1-4-8-19/h2,5-6,9-10,13-16,19,23-25,28H,1,3-4,7-8,18H2/t23-,24+,25-/m0/s1. The van der Waals surface area contributed by atoms with Crippen molar-refractivity contribution in [2.24, 2.45) is 5.92 Å². The number of hydrogen-bond donors (Lipinski definition) is 1. The molecule has 3 atom stereocenters. The van der Waals surface area contributed by atoms with Gasteiger partial charge in [-0.25, -0.2) is 8.42 Å². The normalized spacial score (nSPS) is 24.5. The van der Waals surface area contributed by atoms with Crippen LogP contribution in [0.3, 0.4) is 0 Å². The molecule has 1 aliphatic carbocycles. The lowest BCUT2D eigenvalue weighted by atomic mass is 9.78. The van der Waals surface area contributed by atoms with Crippen LogP contribution in [0.25, 0.3) is 0 Å². The summed E-state index contributed by atoms with van der Waals surface area (Å²) in [5.74, 6) is 6.71. The van der Waals surface area contributed by atoms with E-state index in [-0.39, 0.29) is 17.4 Å². The van der Waals surface area contributed by atoms with Crippen molar-refractivity contribution in [3.63, 3.8) is 0 Å². The average molecular weight is 435 g/mol. The molecule has 0 unspecified atom stereocenters. The summed E-state index contributed by atoms with van der Waals surface area (Å²) < 4.78 is 27.3. The van der Waals surface area contributed by atoms with Crippen LogP contribution in [0.2, 0.25) is 0 Å². The van der Waals surface area contributed by atoms with Gasteiger partial charge in [-0.3, -0.25) is 0 Å². The molecule has 2 aromatic carbocycles. The molecular formula is C25H26N2O3S. The quantitative estimate of drug-likeness (QED) is 0.745. The fourth-order valence-electron chi connectivity index (χ4n) is 4.63. The molecule has 1 aliphatic heterocycles. The monoisotopic (exact) mass is 434 g/mol. The SMILES string of the molecule is N#C[C@H]1[C@H](c2ccc(C#CC3CCCCC3)cc2)[C@@H](CO)N1S(=O)(=O)c1ccccc1. The van der Waals surface area contributed by atoms with Crippen molar-refractivity contribution in [3.8, 4) is 17.9 Å². The second-order valence-corrected chi connectivity index (χ2v) is 10.1. The Hall–Kier alpha value is -2.64. The van der Waals surface area contributed by atoms with Gasteiger partial charge in [0.2, 0.25) is 10.0 Å². The summed E-state index contributed by atoms with van der Waals surface area (Å²) in [6.07, 6.45) is 6.14. The Labute approximate surface area is 184 Å². The molecule has 0 bridgehead atoms. The summed E-state index contributed by atoms with van der Waals surface area (Å²) in [6, 6.07) is 16.3. The lowest BCUT2D eigenvalue weighted by Gasteiger charge is -2.50. The maximum Gasteiger partial charge on any atom is 0.244 e. The van der Waals surface area contributed by atoms with Gasteiger partial charge >= 0.3 is 0 Å². The zero-order valence-corrected chi connectivity index (χ0v) is 18.1. The maximum absolute atomic E-state index is 13.1.